The fraction of sp³-hybridized carbons (Fsp3) is 0.882. The first-order valence-electron chi connectivity index (χ1n) is 8.47. The minimum atomic E-state index is -0.231. The van der Waals surface area contributed by atoms with E-state index in [-0.39, 0.29) is 18.3 Å². The van der Waals surface area contributed by atoms with Crippen molar-refractivity contribution in [2.45, 2.75) is 90.3 Å². The first-order chi connectivity index (χ1) is 9.89. The van der Waals surface area contributed by atoms with Crippen LogP contribution in [0.3, 0.4) is 0 Å². The number of allylic oxidation sites excluding steroid dienone is 1. The van der Waals surface area contributed by atoms with Crippen LogP contribution >= 0.6 is 11.6 Å². The van der Waals surface area contributed by atoms with Crippen LogP contribution in [0.15, 0.2) is 12.1 Å². The van der Waals surface area contributed by atoms with Crippen LogP contribution in [0.4, 0.5) is 0 Å². The molecule has 1 aliphatic rings. The second kappa shape index (κ2) is 9.22. The maximum absolute atomic E-state index is 5.93. The average Bonchev–Trinajstić information content (AvgIpc) is 2.60. The normalized spacial score (nSPS) is 20.5. The Labute approximate surface area is 136 Å². The summed E-state index contributed by atoms with van der Waals surface area (Å²) in [5.41, 5.74) is -0.462. The van der Waals surface area contributed by atoms with Crippen LogP contribution in [0.1, 0.15) is 79.1 Å². The third-order valence-electron chi connectivity index (χ3n) is 4.57. The summed E-state index contributed by atoms with van der Waals surface area (Å²) in [7, 11) is -0.189. The number of hydrogen-bond acceptors (Lipinski definition) is 2. The second-order valence-corrected chi connectivity index (χ2v) is 7.38. The third-order valence-corrected chi connectivity index (χ3v) is 4.84. The Morgan fingerprint density at radius 3 is 1.81 bits per heavy atom. The third kappa shape index (κ3) is 6.75. The molecule has 0 spiro atoms. The maximum Gasteiger partial charge on any atom is 0.486 e. The van der Waals surface area contributed by atoms with E-state index in [0.29, 0.717) is 0 Å². The zero-order valence-electron chi connectivity index (χ0n) is 14.3. The lowest BCUT2D eigenvalue weighted by Gasteiger charge is -2.32. The van der Waals surface area contributed by atoms with Gasteiger partial charge < -0.3 is 9.31 Å². The zero-order valence-corrected chi connectivity index (χ0v) is 15.0. The molecule has 0 amide bonds. The van der Waals surface area contributed by atoms with E-state index in [1.165, 1.54) is 44.9 Å². The van der Waals surface area contributed by atoms with Gasteiger partial charge in [-0.05, 0) is 47.0 Å². The van der Waals surface area contributed by atoms with Crippen molar-refractivity contribution in [1.29, 1.82) is 0 Å². The van der Waals surface area contributed by atoms with Crippen molar-refractivity contribution >= 4 is 18.7 Å². The maximum atomic E-state index is 5.93. The predicted molar refractivity (Wildman–Crippen MR) is 92.9 cm³/mol. The fourth-order valence-electron chi connectivity index (χ4n) is 2.42. The lowest BCUT2D eigenvalue weighted by molar-refractivity contribution is 0.00578. The fourth-order valence-corrected chi connectivity index (χ4v) is 2.60. The molecule has 0 radical (unpaired) electrons. The van der Waals surface area contributed by atoms with Crippen LogP contribution in [0.5, 0.6) is 0 Å². The predicted octanol–water partition coefficient (Wildman–Crippen LogP) is 5.53. The van der Waals surface area contributed by atoms with Crippen molar-refractivity contribution in [3.63, 3.8) is 0 Å². The van der Waals surface area contributed by atoms with Gasteiger partial charge in [0, 0.05) is 5.88 Å². The summed E-state index contributed by atoms with van der Waals surface area (Å²) >= 11 is 5.66. The van der Waals surface area contributed by atoms with Gasteiger partial charge in [0.05, 0.1) is 11.2 Å². The Morgan fingerprint density at radius 2 is 1.29 bits per heavy atom. The summed E-state index contributed by atoms with van der Waals surface area (Å²) in [5.74, 6) is 2.88. The van der Waals surface area contributed by atoms with Crippen molar-refractivity contribution < 1.29 is 9.31 Å². The van der Waals surface area contributed by atoms with E-state index in [4.69, 9.17) is 20.9 Å². The van der Waals surface area contributed by atoms with E-state index < -0.39 is 0 Å². The first kappa shape index (κ1) is 19.1. The van der Waals surface area contributed by atoms with Crippen molar-refractivity contribution in [2.75, 3.05) is 5.88 Å². The summed E-state index contributed by atoms with van der Waals surface area (Å²) in [6.45, 7) is 8.35. The van der Waals surface area contributed by atoms with Crippen LogP contribution in [0.25, 0.3) is 0 Å². The first-order valence-corrected chi connectivity index (χ1v) is 9.01. The van der Waals surface area contributed by atoms with Crippen LogP contribution < -0.4 is 0 Å². The molecule has 1 saturated heterocycles. The highest BCUT2D eigenvalue weighted by Crippen LogP contribution is 2.36. The molecule has 0 N–H and O–H groups in total. The van der Waals surface area contributed by atoms with Crippen molar-refractivity contribution in [3.05, 3.63) is 12.1 Å². The van der Waals surface area contributed by atoms with Gasteiger partial charge in [0.2, 0.25) is 0 Å². The van der Waals surface area contributed by atoms with Gasteiger partial charge in [-0.2, -0.15) is 0 Å². The molecule has 0 saturated carbocycles. The Kier molecular flexibility index (Phi) is 8.37. The van der Waals surface area contributed by atoms with E-state index in [1.54, 1.807) is 0 Å². The number of unbranched alkanes of at least 4 members (excludes halogenated alkanes) is 7. The van der Waals surface area contributed by atoms with Crippen molar-refractivity contribution in [1.82, 2.24) is 0 Å². The lowest BCUT2D eigenvalue weighted by atomic mass is 9.89. The summed E-state index contributed by atoms with van der Waals surface area (Å²) < 4.78 is 11.9. The molecular weight excluding hydrogens is 282 g/mol. The zero-order chi connectivity index (χ0) is 15.8. The largest absolute Gasteiger partial charge is 0.486 e. The minimum absolute atomic E-state index is 0.189. The topological polar surface area (TPSA) is 18.5 Å². The molecule has 0 bridgehead atoms. The molecular formula is C17H32BClO2. The highest BCUT2D eigenvalue weighted by molar-refractivity contribution is 6.51. The van der Waals surface area contributed by atoms with Gasteiger partial charge >= 0.3 is 7.12 Å². The molecule has 1 rings (SSSR count). The molecule has 0 aromatic heterocycles. The highest BCUT2D eigenvalue weighted by Gasteiger charge is 2.49. The molecule has 0 aromatic rings. The smallest absolute Gasteiger partial charge is 0.400 e. The van der Waals surface area contributed by atoms with Gasteiger partial charge in [-0.1, -0.05) is 44.2 Å². The number of alkyl halides is 1. The monoisotopic (exact) mass is 314 g/mol. The number of rotatable bonds is 10. The van der Waals surface area contributed by atoms with Crippen LogP contribution in [-0.2, 0) is 9.31 Å². The number of halogens is 1. The van der Waals surface area contributed by atoms with Gasteiger partial charge in [0.25, 0.3) is 0 Å². The van der Waals surface area contributed by atoms with Gasteiger partial charge in [0.15, 0.2) is 0 Å². The molecule has 1 aliphatic heterocycles. The number of hydrogen-bond donors (Lipinski definition) is 0. The highest BCUT2D eigenvalue weighted by atomic mass is 35.5. The van der Waals surface area contributed by atoms with Gasteiger partial charge in [0.1, 0.15) is 0 Å². The molecule has 0 atom stereocenters. The molecule has 21 heavy (non-hydrogen) atoms. The SMILES string of the molecule is CC1(C)OB(/C=C/CCCCCCCCCCl)OC1(C)C. The minimum Gasteiger partial charge on any atom is -0.400 e. The van der Waals surface area contributed by atoms with Gasteiger partial charge in [-0.25, -0.2) is 0 Å². The molecule has 0 unspecified atom stereocenters. The Balaban J connectivity index is 2.04. The molecule has 1 heterocycles. The van der Waals surface area contributed by atoms with Crippen LogP contribution in [-0.4, -0.2) is 24.2 Å². The van der Waals surface area contributed by atoms with E-state index in [2.05, 4.69) is 39.7 Å². The van der Waals surface area contributed by atoms with Crippen LogP contribution in [0.2, 0.25) is 0 Å². The van der Waals surface area contributed by atoms with Crippen molar-refractivity contribution in [3.8, 4) is 0 Å². The van der Waals surface area contributed by atoms with Gasteiger partial charge in [-0.3, -0.25) is 0 Å². The van der Waals surface area contributed by atoms with Crippen molar-refractivity contribution in [2.24, 2.45) is 0 Å². The Hall–Kier alpha value is 0.0149. The van der Waals surface area contributed by atoms with E-state index in [1.807, 2.05) is 0 Å². The summed E-state index contributed by atoms with van der Waals surface area (Å²) in [4.78, 5) is 0. The van der Waals surface area contributed by atoms with E-state index in [0.717, 1.165) is 12.3 Å². The van der Waals surface area contributed by atoms with E-state index in [9.17, 15) is 0 Å². The standard InChI is InChI=1S/C17H32BClO2/c1-16(2)17(3,4)21-18(20-16)14-12-10-8-6-5-7-9-11-13-15-19/h12,14H,5-11,13,15H2,1-4H3/b14-12+. The van der Waals surface area contributed by atoms with E-state index >= 15 is 0 Å². The quantitative estimate of drug-likeness (QED) is 0.300. The molecule has 122 valence electrons. The lowest BCUT2D eigenvalue weighted by Crippen LogP contribution is -2.41. The molecule has 0 aromatic carbocycles. The van der Waals surface area contributed by atoms with Crippen LogP contribution in [0, 0.1) is 0 Å². The molecule has 1 fully saturated rings. The Morgan fingerprint density at radius 1 is 0.810 bits per heavy atom. The molecule has 0 aliphatic carbocycles. The second-order valence-electron chi connectivity index (χ2n) is 7.01. The van der Waals surface area contributed by atoms with Gasteiger partial charge in [-0.15, -0.1) is 11.6 Å². The summed E-state index contributed by atoms with van der Waals surface area (Å²) in [6.07, 6.45) is 12.4. The Bertz CT molecular complexity index is 300. The molecule has 4 heteroatoms. The molecule has 2 nitrogen and oxygen atoms in total. The summed E-state index contributed by atoms with van der Waals surface area (Å²) in [5, 5.41) is 0. The average molecular weight is 315 g/mol. The summed E-state index contributed by atoms with van der Waals surface area (Å²) in [6, 6.07) is 0.